The van der Waals surface area contributed by atoms with Crippen LogP contribution in [-0.2, 0) is 0 Å². The van der Waals surface area contributed by atoms with E-state index in [9.17, 15) is 0 Å². The van der Waals surface area contributed by atoms with E-state index >= 15 is 0 Å². The van der Waals surface area contributed by atoms with Crippen molar-refractivity contribution in [2.45, 2.75) is 71.3 Å². The summed E-state index contributed by atoms with van der Waals surface area (Å²) < 4.78 is 0. The summed E-state index contributed by atoms with van der Waals surface area (Å²) in [6, 6.07) is 0.767. The average Bonchev–Trinajstić information content (AvgIpc) is 2.69. The fourth-order valence-corrected chi connectivity index (χ4v) is 3.74. The van der Waals surface area contributed by atoms with E-state index in [2.05, 4.69) is 24.1 Å². The fraction of sp³-hybridized carbons (Fsp3) is 1.00. The Labute approximate surface area is 114 Å². The zero-order valence-corrected chi connectivity index (χ0v) is 12.5. The molecule has 0 amide bonds. The molecule has 2 heteroatoms. The standard InChI is InChI=1S/C16H32N2/c1-3-16(4-2)9-12-18(13-10-16)14-15-8-6-5-7-11-17-15/h15,17H,3-14H2,1-2H3. The van der Waals surface area contributed by atoms with Gasteiger partial charge in [0, 0.05) is 12.6 Å². The van der Waals surface area contributed by atoms with Gasteiger partial charge in [-0.2, -0.15) is 0 Å². The number of likely N-dealkylation sites (tertiary alicyclic amines) is 1. The molecule has 0 aromatic carbocycles. The maximum Gasteiger partial charge on any atom is 0.0195 e. The Balaban J connectivity index is 1.75. The lowest BCUT2D eigenvalue weighted by atomic mass is 9.74. The Morgan fingerprint density at radius 1 is 1.06 bits per heavy atom. The third-order valence-corrected chi connectivity index (χ3v) is 5.56. The van der Waals surface area contributed by atoms with E-state index < -0.39 is 0 Å². The highest BCUT2D eigenvalue weighted by atomic mass is 15.2. The molecular weight excluding hydrogens is 220 g/mol. The van der Waals surface area contributed by atoms with E-state index in [1.54, 1.807) is 0 Å². The summed E-state index contributed by atoms with van der Waals surface area (Å²) in [4.78, 5) is 2.71. The molecule has 2 heterocycles. The molecule has 18 heavy (non-hydrogen) atoms. The van der Waals surface area contributed by atoms with Gasteiger partial charge in [0.15, 0.2) is 0 Å². The van der Waals surface area contributed by atoms with Gasteiger partial charge in [0.05, 0.1) is 0 Å². The molecule has 2 rings (SSSR count). The maximum atomic E-state index is 3.74. The molecule has 0 aromatic heterocycles. The third-order valence-electron chi connectivity index (χ3n) is 5.56. The quantitative estimate of drug-likeness (QED) is 0.825. The van der Waals surface area contributed by atoms with Crippen molar-refractivity contribution in [2.24, 2.45) is 5.41 Å². The van der Waals surface area contributed by atoms with Crippen molar-refractivity contribution >= 4 is 0 Å². The van der Waals surface area contributed by atoms with Crippen LogP contribution in [0.15, 0.2) is 0 Å². The van der Waals surface area contributed by atoms with Crippen LogP contribution in [-0.4, -0.2) is 37.1 Å². The summed E-state index contributed by atoms with van der Waals surface area (Å²) >= 11 is 0. The van der Waals surface area contributed by atoms with Crippen molar-refractivity contribution in [3.05, 3.63) is 0 Å². The van der Waals surface area contributed by atoms with Gasteiger partial charge in [0.1, 0.15) is 0 Å². The first-order valence-corrected chi connectivity index (χ1v) is 8.24. The highest BCUT2D eigenvalue weighted by Gasteiger charge is 2.31. The molecule has 0 saturated carbocycles. The van der Waals surface area contributed by atoms with Crippen LogP contribution in [0, 0.1) is 5.41 Å². The number of hydrogen-bond acceptors (Lipinski definition) is 2. The van der Waals surface area contributed by atoms with Gasteiger partial charge in [-0.1, -0.05) is 39.5 Å². The lowest BCUT2D eigenvalue weighted by Crippen LogP contribution is -2.46. The van der Waals surface area contributed by atoms with E-state index in [0.29, 0.717) is 5.41 Å². The van der Waals surface area contributed by atoms with E-state index in [4.69, 9.17) is 0 Å². The first-order valence-electron chi connectivity index (χ1n) is 8.24. The summed E-state index contributed by atoms with van der Waals surface area (Å²) in [6.07, 6.45) is 11.2. The summed E-state index contributed by atoms with van der Waals surface area (Å²) in [7, 11) is 0. The number of piperidine rings is 1. The summed E-state index contributed by atoms with van der Waals surface area (Å²) in [5, 5.41) is 3.74. The van der Waals surface area contributed by atoms with Crippen LogP contribution in [0.4, 0.5) is 0 Å². The largest absolute Gasteiger partial charge is 0.313 e. The predicted octanol–water partition coefficient (Wildman–Crippen LogP) is 3.42. The predicted molar refractivity (Wildman–Crippen MR) is 78.9 cm³/mol. The Bertz CT molecular complexity index is 217. The topological polar surface area (TPSA) is 15.3 Å². The molecule has 2 fully saturated rings. The molecule has 0 spiro atoms. The van der Waals surface area contributed by atoms with Crippen LogP contribution < -0.4 is 5.32 Å². The van der Waals surface area contributed by atoms with Crippen molar-refractivity contribution in [3.63, 3.8) is 0 Å². The van der Waals surface area contributed by atoms with Crippen molar-refractivity contribution < 1.29 is 0 Å². The second-order valence-corrected chi connectivity index (χ2v) is 6.51. The Kier molecular flexibility index (Phi) is 5.50. The lowest BCUT2D eigenvalue weighted by Gasteiger charge is -2.42. The second-order valence-electron chi connectivity index (χ2n) is 6.51. The molecule has 1 unspecified atom stereocenters. The fourth-order valence-electron chi connectivity index (χ4n) is 3.74. The number of hydrogen-bond donors (Lipinski definition) is 1. The minimum Gasteiger partial charge on any atom is -0.313 e. The van der Waals surface area contributed by atoms with Gasteiger partial charge in [-0.25, -0.2) is 0 Å². The van der Waals surface area contributed by atoms with Crippen molar-refractivity contribution in [1.82, 2.24) is 10.2 Å². The van der Waals surface area contributed by atoms with Crippen LogP contribution in [0.25, 0.3) is 0 Å². The molecule has 2 aliphatic rings. The zero-order valence-electron chi connectivity index (χ0n) is 12.5. The SMILES string of the molecule is CCC1(CC)CCN(CC2CCCCCN2)CC1. The van der Waals surface area contributed by atoms with Gasteiger partial charge >= 0.3 is 0 Å². The highest BCUT2D eigenvalue weighted by molar-refractivity contribution is 4.86. The van der Waals surface area contributed by atoms with Gasteiger partial charge < -0.3 is 10.2 Å². The number of nitrogens with one attached hydrogen (secondary N) is 1. The number of rotatable bonds is 4. The van der Waals surface area contributed by atoms with Gasteiger partial charge in [-0.15, -0.1) is 0 Å². The minimum absolute atomic E-state index is 0.674. The molecular formula is C16H32N2. The Morgan fingerprint density at radius 2 is 1.78 bits per heavy atom. The monoisotopic (exact) mass is 252 g/mol. The van der Waals surface area contributed by atoms with E-state index in [-0.39, 0.29) is 0 Å². The van der Waals surface area contributed by atoms with Crippen LogP contribution in [0.3, 0.4) is 0 Å². The van der Waals surface area contributed by atoms with Crippen molar-refractivity contribution in [1.29, 1.82) is 0 Å². The first kappa shape index (κ1) is 14.3. The summed E-state index contributed by atoms with van der Waals surface area (Å²) in [5.74, 6) is 0. The van der Waals surface area contributed by atoms with Crippen molar-refractivity contribution in [2.75, 3.05) is 26.2 Å². The molecule has 106 valence electrons. The Hall–Kier alpha value is -0.0800. The van der Waals surface area contributed by atoms with E-state index in [0.717, 1.165) is 6.04 Å². The van der Waals surface area contributed by atoms with E-state index in [1.807, 2.05) is 0 Å². The second kappa shape index (κ2) is 6.91. The zero-order chi connectivity index (χ0) is 12.8. The number of nitrogens with zero attached hydrogens (tertiary/aromatic N) is 1. The van der Waals surface area contributed by atoms with Gasteiger partial charge in [-0.3, -0.25) is 0 Å². The normalized spacial score (nSPS) is 30.0. The average molecular weight is 252 g/mol. The minimum atomic E-state index is 0.674. The lowest BCUT2D eigenvalue weighted by molar-refractivity contribution is 0.0881. The molecule has 0 radical (unpaired) electrons. The smallest absolute Gasteiger partial charge is 0.0195 e. The molecule has 1 atom stereocenters. The molecule has 0 bridgehead atoms. The molecule has 0 aliphatic carbocycles. The van der Waals surface area contributed by atoms with Crippen molar-refractivity contribution in [3.8, 4) is 0 Å². The van der Waals surface area contributed by atoms with Crippen LogP contribution >= 0.6 is 0 Å². The summed E-state index contributed by atoms with van der Waals surface area (Å²) in [5.41, 5.74) is 0.674. The highest BCUT2D eigenvalue weighted by Crippen LogP contribution is 2.37. The molecule has 2 aliphatic heterocycles. The van der Waals surface area contributed by atoms with Crippen LogP contribution in [0.5, 0.6) is 0 Å². The maximum absolute atomic E-state index is 3.74. The third kappa shape index (κ3) is 3.71. The molecule has 2 saturated heterocycles. The van der Waals surface area contributed by atoms with Crippen LogP contribution in [0.2, 0.25) is 0 Å². The van der Waals surface area contributed by atoms with Crippen LogP contribution in [0.1, 0.15) is 65.2 Å². The Morgan fingerprint density at radius 3 is 2.44 bits per heavy atom. The summed E-state index contributed by atoms with van der Waals surface area (Å²) in [6.45, 7) is 9.97. The van der Waals surface area contributed by atoms with Gasteiger partial charge in [-0.05, 0) is 50.7 Å². The first-order chi connectivity index (χ1) is 8.78. The van der Waals surface area contributed by atoms with Gasteiger partial charge in [0.25, 0.3) is 0 Å². The molecule has 1 N–H and O–H groups in total. The van der Waals surface area contributed by atoms with E-state index in [1.165, 1.54) is 77.5 Å². The molecule has 0 aromatic rings. The molecule has 2 nitrogen and oxygen atoms in total. The van der Waals surface area contributed by atoms with Gasteiger partial charge in [0.2, 0.25) is 0 Å².